The molecule has 0 fully saturated rings. The summed E-state index contributed by atoms with van der Waals surface area (Å²) >= 11 is 7.45. The molecule has 2 aromatic heterocycles. The molecule has 0 spiro atoms. The van der Waals surface area contributed by atoms with Crippen molar-refractivity contribution in [3.8, 4) is 22.8 Å². The number of nitrogens with zero attached hydrogens (tertiary/aromatic N) is 4. The monoisotopic (exact) mass is 452 g/mol. The van der Waals surface area contributed by atoms with Gasteiger partial charge in [0.15, 0.2) is 11.6 Å². The summed E-state index contributed by atoms with van der Waals surface area (Å²) in [6.45, 7) is 0.292. The first kappa shape index (κ1) is 20.7. The molecule has 0 aliphatic heterocycles. The molecule has 0 aliphatic carbocycles. The number of primary amides is 1. The number of nitrogens with two attached hydrogens (primary N) is 1. The van der Waals surface area contributed by atoms with Crippen LogP contribution < -0.4 is 11.1 Å². The Balaban J connectivity index is 1.62. The van der Waals surface area contributed by atoms with E-state index in [1.165, 1.54) is 11.3 Å². The molecule has 2 amide bonds. The van der Waals surface area contributed by atoms with Crippen molar-refractivity contribution >= 4 is 40.4 Å². The van der Waals surface area contributed by atoms with Crippen LogP contribution in [0.1, 0.15) is 16.9 Å². The molecule has 0 atom stereocenters. The highest BCUT2D eigenvalue weighted by molar-refractivity contribution is 7.07. The number of halogens is 1. The van der Waals surface area contributed by atoms with Crippen molar-refractivity contribution in [2.75, 3.05) is 5.32 Å². The summed E-state index contributed by atoms with van der Waals surface area (Å²) in [5.74, 6) is 0.365. The zero-order chi connectivity index (χ0) is 21.8. The number of aryl methyl sites for hydroxylation is 1. The summed E-state index contributed by atoms with van der Waals surface area (Å²) in [4.78, 5) is 32.1. The van der Waals surface area contributed by atoms with Crippen molar-refractivity contribution in [2.24, 2.45) is 5.73 Å². The summed E-state index contributed by atoms with van der Waals surface area (Å²) in [6, 6.07) is 14.4. The SMILES string of the molecule is NC(=O)CCn1nc(-c2cccc(Cl)c2)nc1-c1ccc(NC(=O)c2cscn2)cc1. The van der Waals surface area contributed by atoms with Gasteiger partial charge in [0.25, 0.3) is 5.91 Å². The Morgan fingerprint density at radius 1 is 1.13 bits per heavy atom. The van der Waals surface area contributed by atoms with Gasteiger partial charge >= 0.3 is 0 Å². The van der Waals surface area contributed by atoms with Crippen molar-refractivity contribution < 1.29 is 9.59 Å². The van der Waals surface area contributed by atoms with E-state index < -0.39 is 5.91 Å². The molecule has 0 saturated heterocycles. The van der Waals surface area contributed by atoms with Gasteiger partial charge in [-0.05, 0) is 36.4 Å². The van der Waals surface area contributed by atoms with E-state index in [-0.39, 0.29) is 12.3 Å². The summed E-state index contributed by atoms with van der Waals surface area (Å²) in [5.41, 5.74) is 9.45. The Kier molecular flexibility index (Phi) is 6.06. The van der Waals surface area contributed by atoms with E-state index >= 15 is 0 Å². The highest BCUT2D eigenvalue weighted by atomic mass is 35.5. The van der Waals surface area contributed by atoms with Gasteiger partial charge in [-0.15, -0.1) is 11.3 Å². The van der Waals surface area contributed by atoms with Gasteiger partial charge in [-0.25, -0.2) is 14.6 Å². The van der Waals surface area contributed by atoms with Crippen LogP contribution in [0.15, 0.2) is 59.4 Å². The van der Waals surface area contributed by atoms with E-state index in [0.717, 1.165) is 11.1 Å². The number of hydrogen-bond donors (Lipinski definition) is 2. The maximum atomic E-state index is 12.2. The Morgan fingerprint density at radius 3 is 2.61 bits per heavy atom. The third-order valence-electron chi connectivity index (χ3n) is 4.39. The molecule has 4 aromatic rings. The van der Waals surface area contributed by atoms with E-state index in [9.17, 15) is 9.59 Å². The van der Waals surface area contributed by atoms with Crippen molar-refractivity contribution in [1.29, 1.82) is 0 Å². The predicted octanol–water partition coefficient (Wildman–Crippen LogP) is 3.85. The molecular formula is C21H17ClN6O2S. The molecular weight excluding hydrogens is 436 g/mol. The number of rotatable bonds is 7. The van der Waals surface area contributed by atoms with Crippen LogP contribution in [0.2, 0.25) is 5.02 Å². The second-order valence-corrected chi connectivity index (χ2v) is 7.77. The summed E-state index contributed by atoms with van der Waals surface area (Å²) < 4.78 is 1.64. The zero-order valence-electron chi connectivity index (χ0n) is 16.2. The van der Waals surface area contributed by atoms with Crippen molar-refractivity contribution in [3.63, 3.8) is 0 Å². The van der Waals surface area contributed by atoms with Gasteiger partial charge in [0, 0.05) is 33.6 Å². The Labute approximate surface area is 186 Å². The minimum atomic E-state index is -0.425. The number of hydrogen-bond acceptors (Lipinski definition) is 6. The number of benzene rings is 2. The number of anilines is 1. The first-order chi connectivity index (χ1) is 15.0. The van der Waals surface area contributed by atoms with E-state index in [1.807, 2.05) is 24.3 Å². The maximum Gasteiger partial charge on any atom is 0.275 e. The normalized spacial score (nSPS) is 10.7. The molecule has 2 aromatic carbocycles. The van der Waals surface area contributed by atoms with Crippen LogP contribution in [0.5, 0.6) is 0 Å². The number of carbonyl (C=O) groups is 2. The lowest BCUT2D eigenvalue weighted by Gasteiger charge is -2.07. The fourth-order valence-corrected chi connectivity index (χ4v) is 3.62. The molecule has 0 aliphatic rings. The smallest absolute Gasteiger partial charge is 0.275 e. The van der Waals surface area contributed by atoms with Gasteiger partial charge in [-0.1, -0.05) is 23.7 Å². The molecule has 4 rings (SSSR count). The van der Waals surface area contributed by atoms with E-state index in [4.69, 9.17) is 17.3 Å². The highest BCUT2D eigenvalue weighted by Gasteiger charge is 2.15. The third-order valence-corrected chi connectivity index (χ3v) is 5.21. The minimum Gasteiger partial charge on any atom is -0.370 e. The van der Waals surface area contributed by atoms with Gasteiger partial charge in [-0.3, -0.25) is 9.59 Å². The lowest BCUT2D eigenvalue weighted by molar-refractivity contribution is -0.118. The van der Waals surface area contributed by atoms with E-state index in [1.54, 1.807) is 39.8 Å². The van der Waals surface area contributed by atoms with Gasteiger partial charge < -0.3 is 11.1 Å². The molecule has 10 heteroatoms. The zero-order valence-corrected chi connectivity index (χ0v) is 17.7. The molecule has 3 N–H and O–H groups in total. The molecule has 0 bridgehead atoms. The van der Waals surface area contributed by atoms with Crippen molar-refractivity contribution in [2.45, 2.75) is 13.0 Å². The Morgan fingerprint density at radius 2 is 1.94 bits per heavy atom. The number of thiazole rings is 1. The first-order valence-corrected chi connectivity index (χ1v) is 10.6. The van der Waals surface area contributed by atoms with Crippen LogP contribution in [-0.4, -0.2) is 31.6 Å². The Hall–Kier alpha value is -3.56. The van der Waals surface area contributed by atoms with Crippen LogP contribution in [0.3, 0.4) is 0 Å². The molecule has 0 radical (unpaired) electrons. The second kappa shape index (κ2) is 9.07. The van der Waals surface area contributed by atoms with Crippen LogP contribution >= 0.6 is 22.9 Å². The lowest BCUT2D eigenvalue weighted by Crippen LogP contribution is -2.15. The van der Waals surface area contributed by atoms with Crippen LogP contribution in [0.25, 0.3) is 22.8 Å². The number of nitrogens with one attached hydrogen (secondary N) is 1. The number of amides is 2. The van der Waals surface area contributed by atoms with Crippen LogP contribution in [-0.2, 0) is 11.3 Å². The summed E-state index contributed by atoms with van der Waals surface area (Å²) in [5, 5.41) is 9.60. The lowest BCUT2D eigenvalue weighted by atomic mass is 10.2. The topological polar surface area (TPSA) is 116 Å². The summed E-state index contributed by atoms with van der Waals surface area (Å²) in [7, 11) is 0. The largest absolute Gasteiger partial charge is 0.370 e. The third kappa shape index (κ3) is 4.96. The Bertz CT molecular complexity index is 1220. The average molecular weight is 453 g/mol. The maximum absolute atomic E-state index is 12.2. The molecule has 156 valence electrons. The quantitative estimate of drug-likeness (QED) is 0.441. The second-order valence-electron chi connectivity index (χ2n) is 6.61. The fourth-order valence-electron chi connectivity index (χ4n) is 2.90. The predicted molar refractivity (Wildman–Crippen MR) is 120 cm³/mol. The van der Waals surface area contributed by atoms with Gasteiger partial charge in [-0.2, -0.15) is 5.10 Å². The minimum absolute atomic E-state index is 0.132. The summed E-state index contributed by atoms with van der Waals surface area (Å²) in [6.07, 6.45) is 0.132. The fraction of sp³-hybridized carbons (Fsp3) is 0.0952. The van der Waals surface area contributed by atoms with Gasteiger partial charge in [0.05, 0.1) is 12.1 Å². The van der Waals surface area contributed by atoms with Gasteiger partial charge in [0.2, 0.25) is 5.91 Å². The van der Waals surface area contributed by atoms with E-state index in [2.05, 4.69) is 20.4 Å². The number of aromatic nitrogens is 4. The first-order valence-electron chi connectivity index (χ1n) is 9.28. The van der Waals surface area contributed by atoms with Crippen LogP contribution in [0.4, 0.5) is 5.69 Å². The molecule has 2 heterocycles. The molecule has 8 nitrogen and oxygen atoms in total. The van der Waals surface area contributed by atoms with Crippen molar-refractivity contribution in [1.82, 2.24) is 19.7 Å². The molecule has 0 saturated carbocycles. The van der Waals surface area contributed by atoms with Crippen LogP contribution in [0, 0.1) is 0 Å². The van der Waals surface area contributed by atoms with Crippen molar-refractivity contribution in [3.05, 3.63) is 70.1 Å². The van der Waals surface area contributed by atoms with Gasteiger partial charge in [0.1, 0.15) is 5.69 Å². The standard InChI is InChI=1S/C21H17ClN6O2S/c22-15-3-1-2-14(10-15)19-26-20(28(27-19)9-8-18(23)29)13-4-6-16(7-5-13)25-21(30)17-11-31-12-24-17/h1-7,10-12H,8-9H2,(H2,23,29)(H,25,30). The molecule has 31 heavy (non-hydrogen) atoms. The average Bonchev–Trinajstić information content (AvgIpc) is 3.43. The number of carbonyl (C=O) groups excluding carboxylic acids is 2. The molecule has 0 unspecified atom stereocenters. The highest BCUT2D eigenvalue weighted by Crippen LogP contribution is 2.26. The van der Waals surface area contributed by atoms with E-state index in [0.29, 0.717) is 34.6 Å².